The molecule has 0 bridgehead atoms. The van der Waals surface area contributed by atoms with Crippen LogP contribution in [0.4, 0.5) is 18.9 Å². The Bertz CT molecular complexity index is 738. The number of carbonyl (C=O) groups excluding carboxylic acids is 1. The van der Waals surface area contributed by atoms with Crippen molar-refractivity contribution in [1.82, 2.24) is 10.3 Å². The third-order valence-electron chi connectivity index (χ3n) is 2.73. The number of amides is 1. The van der Waals surface area contributed by atoms with Crippen molar-refractivity contribution in [1.29, 1.82) is 0 Å². The van der Waals surface area contributed by atoms with E-state index in [0.717, 1.165) is 0 Å². The van der Waals surface area contributed by atoms with Gasteiger partial charge in [0.1, 0.15) is 0 Å². The van der Waals surface area contributed by atoms with Gasteiger partial charge in [0, 0.05) is 12.3 Å². The average molecular weight is 311 g/mol. The monoisotopic (exact) mass is 311 g/mol. The molecule has 1 N–H and O–H groups in total. The maximum atomic E-state index is 13.6. The maximum absolute atomic E-state index is 13.6. The summed E-state index contributed by atoms with van der Waals surface area (Å²) in [6.07, 6.45) is 1.46. The Morgan fingerprint density at radius 2 is 1.95 bits per heavy atom. The lowest BCUT2D eigenvalue weighted by molar-refractivity contribution is -0.387. The van der Waals surface area contributed by atoms with Crippen LogP contribution in [0.5, 0.6) is 0 Å². The summed E-state index contributed by atoms with van der Waals surface area (Å²) in [5.41, 5.74) is -1.84. The fourth-order valence-corrected chi connectivity index (χ4v) is 1.66. The fraction of sp³-hybridized carbons (Fsp3) is 0.0769. The number of carbonyl (C=O) groups is 1. The molecule has 1 heterocycles. The Morgan fingerprint density at radius 3 is 2.55 bits per heavy atom. The summed E-state index contributed by atoms with van der Waals surface area (Å²) in [7, 11) is 0. The zero-order valence-electron chi connectivity index (χ0n) is 10.8. The second-order valence-corrected chi connectivity index (χ2v) is 4.15. The molecule has 114 valence electrons. The van der Waals surface area contributed by atoms with Crippen LogP contribution < -0.4 is 5.32 Å². The molecule has 2 rings (SSSR count). The van der Waals surface area contributed by atoms with E-state index in [0.29, 0.717) is 11.8 Å². The van der Waals surface area contributed by atoms with Gasteiger partial charge >= 0.3 is 5.69 Å². The second-order valence-electron chi connectivity index (χ2n) is 4.15. The van der Waals surface area contributed by atoms with Gasteiger partial charge in [-0.15, -0.1) is 0 Å². The van der Waals surface area contributed by atoms with Crippen LogP contribution in [0, 0.1) is 27.6 Å². The minimum Gasteiger partial charge on any atom is -0.346 e. The van der Waals surface area contributed by atoms with Crippen LogP contribution in [-0.4, -0.2) is 15.8 Å². The Hall–Kier alpha value is -2.97. The molecule has 0 radical (unpaired) electrons. The van der Waals surface area contributed by atoms with E-state index in [1.165, 1.54) is 6.20 Å². The molecule has 1 aromatic carbocycles. The Kier molecular flexibility index (Phi) is 4.35. The molecule has 0 saturated heterocycles. The van der Waals surface area contributed by atoms with Crippen LogP contribution in [0.1, 0.15) is 16.1 Å². The zero-order valence-corrected chi connectivity index (χ0v) is 10.8. The number of benzene rings is 1. The third-order valence-corrected chi connectivity index (χ3v) is 2.73. The standard InChI is InChI=1S/C13H8F3N3O3/c14-10-8(5-9(19(21)22)11(15)12(10)16)13(20)18-6-7-3-1-2-4-17-7/h1-5H,6H2,(H,18,20). The SMILES string of the molecule is O=C(NCc1ccccn1)c1cc([N+](=O)[O-])c(F)c(F)c1F. The van der Waals surface area contributed by atoms with Crippen molar-refractivity contribution in [3.8, 4) is 0 Å². The number of nitro benzene ring substituents is 1. The highest BCUT2D eigenvalue weighted by Gasteiger charge is 2.28. The molecule has 1 aromatic heterocycles. The predicted octanol–water partition coefficient (Wildman–Crippen LogP) is 2.34. The molecule has 22 heavy (non-hydrogen) atoms. The van der Waals surface area contributed by atoms with Crippen molar-refractivity contribution < 1.29 is 22.9 Å². The van der Waals surface area contributed by atoms with Gasteiger partial charge in [0.25, 0.3) is 5.91 Å². The molecular formula is C13H8F3N3O3. The van der Waals surface area contributed by atoms with Crippen molar-refractivity contribution in [2.24, 2.45) is 0 Å². The van der Waals surface area contributed by atoms with Crippen LogP contribution in [0.3, 0.4) is 0 Å². The zero-order chi connectivity index (χ0) is 16.3. The van der Waals surface area contributed by atoms with Gasteiger partial charge in [0.05, 0.1) is 22.7 Å². The fourth-order valence-electron chi connectivity index (χ4n) is 1.66. The first-order chi connectivity index (χ1) is 10.4. The van der Waals surface area contributed by atoms with Crippen molar-refractivity contribution in [2.45, 2.75) is 6.54 Å². The van der Waals surface area contributed by atoms with Crippen molar-refractivity contribution >= 4 is 11.6 Å². The minimum atomic E-state index is -2.07. The first-order valence-electron chi connectivity index (χ1n) is 5.91. The number of nitro groups is 1. The molecule has 1 amide bonds. The first kappa shape index (κ1) is 15.4. The number of hydrogen-bond donors (Lipinski definition) is 1. The molecule has 6 nitrogen and oxygen atoms in total. The Labute approximate surface area is 121 Å². The van der Waals surface area contributed by atoms with Crippen LogP contribution in [0.2, 0.25) is 0 Å². The summed E-state index contributed by atoms with van der Waals surface area (Å²) in [5, 5.41) is 12.8. The van der Waals surface area contributed by atoms with E-state index in [2.05, 4.69) is 10.3 Å². The summed E-state index contributed by atoms with van der Waals surface area (Å²) in [6, 6.07) is 5.22. The number of aromatic nitrogens is 1. The highest BCUT2D eigenvalue weighted by molar-refractivity contribution is 5.95. The summed E-state index contributed by atoms with van der Waals surface area (Å²) in [5.74, 6) is -6.94. The van der Waals surface area contributed by atoms with Gasteiger partial charge in [-0.1, -0.05) is 6.07 Å². The molecular weight excluding hydrogens is 303 g/mol. The third kappa shape index (κ3) is 3.03. The number of nitrogens with one attached hydrogen (secondary N) is 1. The van der Waals surface area contributed by atoms with Gasteiger partial charge < -0.3 is 5.32 Å². The Morgan fingerprint density at radius 1 is 1.23 bits per heavy atom. The van der Waals surface area contributed by atoms with E-state index in [1.54, 1.807) is 18.2 Å². The van der Waals surface area contributed by atoms with Crippen molar-refractivity contribution in [2.75, 3.05) is 0 Å². The topological polar surface area (TPSA) is 85.1 Å². The molecule has 9 heteroatoms. The lowest BCUT2D eigenvalue weighted by Crippen LogP contribution is -2.25. The van der Waals surface area contributed by atoms with Gasteiger partial charge in [-0.25, -0.2) is 8.78 Å². The van der Waals surface area contributed by atoms with Crippen molar-refractivity contribution in [3.05, 3.63) is 69.3 Å². The van der Waals surface area contributed by atoms with E-state index in [-0.39, 0.29) is 6.54 Å². The van der Waals surface area contributed by atoms with Gasteiger partial charge in [0.2, 0.25) is 11.6 Å². The van der Waals surface area contributed by atoms with Gasteiger partial charge in [-0.2, -0.15) is 4.39 Å². The quantitative estimate of drug-likeness (QED) is 0.533. The molecule has 0 aliphatic heterocycles. The molecule has 0 aliphatic rings. The molecule has 0 saturated carbocycles. The molecule has 0 spiro atoms. The molecule has 2 aromatic rings. The molecule has 0 aliphatic carbocycles. The highest BCUT2D eigenvalue weighted by Crippen LogP contribution is 2.25. The number of pyridine rings is 1. The van der Waals surface area contributed by atoms with E-state index in [4.69, 9.17) is 0 Å². The van der Waals surface area contributed by atoms with E-state index in [1.807, 2.05) is 0 Å². The number of hydrogen-bond acceptors (Lipinski definition) is 4. The van der Waals surface area contributed by atoms with Crippen LogP contribution in [-0.2, 0) is 6.54 Å². The van der Waals surface area contributed by atoms with Crippen LogP contribution in [0.25, 0.3) is 0 Å². The molecule has 0 fully saturated rings. The second kappa shape index (κ2) is 6.20. The smallest absolute Gasteiger partial charge is 0.308 e. The summed E-state index contributed by atoms with van der Waals surface area (Å²) in [6.45, 7) is -0.105. The largest absolute Gasteiger partial charge is 0.346 e. The normalized spacial score (nSPS) is 10.3. The number of rotatable bonds is 4. The number of nitrogens with zero attached hydrogens (tertiary/aromatic N) is 2. The average Bonchev–Trinajstić information content (AvgIpc) is 2.51. The number of halogens is 3. The summed E-state index contributed by atoms with van der Waals surface area (Å²) in [4.78, 5) is 25.0. The summed E-state index contributed by atoms with van der Waals surface area (Å²) < 4.78 is 40.1. The molecule has 0 unspecified atom stereocenters. The minimum absolute atomic E-state index is 0.105. The van der Waals surface area contributed by atoms with E-state index in [9.17, 15) is 28.1 Å². The highest BCUT2D eigenvalue weighted by atomic mass is 19.2. The van der Waals surface area contributed by atoms with Gasteiger partial charge in [-0.05, 0) is 12.1 Å². The molecule has 0 atom stereocenters. The van der Waals surface area contributed by atoms with Gasteiger partial charge in [0.15, 0.2) is 5.82 Å². The summed E-state index contributed by atoms with van der Waals surface area (Å²) >= 11 is 0. The Balaban J connectivity index is 2.28. The van der Waals surface area contributed by atoms with Gasteiger partial charge in [-0.3, -0.25) is 19.9 Å². The van der Waals surface area contributed by atoms with Crippen LogP contribution >= 0.6 is 0 Å². The first-order valence-corrected chi connectivity index (χ1v) is 5.91. The lowest BCUT2D eigenvalue weighted by Gasteiger charge is -2.07. The van der Waals surface area contributed by atoms with Crippen molar-refractivity contribution in [3.63, 3.8) is 0 Å². The predicted molar refractivity (Wildman–Crippen MR) is 68.4 cm³/mol. The van der Waals surface area contributed by atoms with E-state index >= 15 is 0 Å². The maximum Gasteiger partial charge on any atom is 0.308 e. The lowest BCUT2D eigenvalue weighted by atomic mass is 10.1. The van der Waals surface area contributed by atoms with E-state index < -0.39 is 39.5 Å². The van der Waals surface area contributed by atoms with Crippen LogP contribution in [0.15, 0.2) is 30.5 Å².